The topological polar surface area (TPSA) is 57.9 Å². The van der Waals surface area contributed by atoms with E-state index in [9.17, 15) is 0 Å². The Kier molecular flexibility index (Phi) is 17.3. The summed E-state index contributed by atoms with van der Waals surface area (Å²) >= 11 is 0. The normalized spacial score (nSPS) is 15.6. The molecule has 2 heterocycles. The molecule has 6 heteroatoms. The van der Waals surface area contributed by atoms with Crippen LogP contribution in [0.1, 0.15) is 18.5 Å². The molecule has 1 aliphatic heterocycles. The van der Waals surface area contributed by atoms with E-state index < -0.39 is 0 Å². The fraction of sp³-hybridized carbons (Fsp3) is 0.667. The van der Waals surface area contributed by atoms with Gasteiger partial charge in [0.15, 0.2) is 0 Å². The standard InChI is InChI=1S/C11H16N3.2C2H6N.Ti/c1-14(8-10-4-2-6-12-10)9-11-5-3-7-13-11;2*1-3-2;/h2,4,6-7,11H,3,5,8-9H2,1H3;2*1-2H3;/q3*-1;+3. The molecule has 0 amide bonds. The van der Waals surface area contributed by atoms with Crippen molar-refractivity contribution in [2.75, 3.05) is 41.8 Å². The molecule has 21 heavy (non-hydrogen) atoms. The Bertz CT molecular complexity index is 325. The number of rotatable bonds is 4. The molecule has 1 aliphatic rings. The second-order valence-electron chi connectivity index (χ2n) is 4.78. The van der Waals surface area contributed by atoms with E-state index in [0.717, 1.165) is 25.2 Å². The molecule has 1 aromatic rings. The first-order valence-electron chi connectivity index (χ1n) is 6.90. The van der Waals surface area contributed by atoms with Gasteiger partial charge in [0, 0.05) is 13.1 Å². The Morgan fingerprint density at radius 2 is 1.90 bits per heavy atom. The molecule has 0 saturated heterocycles. The summed E-state index contributed by atoms with van der Waals surface area (Å²) in [6.45, 7) is 1.97. The molecular formula is C15H28N5Ti. The van der Waals surface area contributed by atoms with Crippen molar-refractivity contribution in [2.24, 2.45) is 4.99 Å². The fourth-order valence-electron chi connectivity index (χ4n) is 1.83. The molecule has 0 N–H and O–H groups in total. The van der Waals surface area contributed by atoms with Crippen LogP contribution in [0.25, 0.3) is 10.6 Å². The van der Waals surface area contributed by atoms with Crippen LogP contribution in [0.4, 0.5) is 0 Å². The first-order chi connectivity index (χ1) is 9.67. The summed E-state index contributed by atoms with van der Waals surface area (Å²) in [6, 6.07) is 4.56. The zero-order valence-electron chi connectivity index (χ0n) is 14.0. The zero-order valence-corrected chi connectivity index (χ0v) is 15.5. The largest absolute Gasteiger partial charge is 3.00 e. The minimum absolute atomic E-state index is 0. The monoisotopic (exact) mass is 326 g/mol. The van der Waals surface area contributed by atoms with Crippen LogP contribution < -0.4 is 4.98 Å². The third-order valence-electron chi connectivity index (χ3n) is 2.51. The minimum atomic E-state index is 0. The van der Waals surface area contributed by atoms with Gasteiger partial charge in [-0.3, -0.25) is 4.99 Å². The van der Waals surface area contributed by atoms with Crippen molar-refractivity contribution in [2.45, 2.75) is 25.4 Å². The Balaban J connectivity index is 0. The van der Waals surface area contributed by atoms with Crippen LogP contribution in [-0.2, 0) is 28.3 Å². The second-order valence-corrected chi connectivity index (χ2v) is 4.78. The van der Waals surface area contributed by atoms with Crippen molar-refractivity contribution in [3.8, 4) is 0 Å². The number of aromatic nitrogens is 1. The maximum absolute atomic E-state index is 4.42. The average molecular weight is 326 g/mol. The van der Waals surface area contributed by atoms with Gasteiger partial charge < -0.3 is 20.5 Å². The summed E-state index contributed by atoms with van der Waals surface area (Å²) in [5.74, 6) is 0. The van der Waals surface area contributed by atoms with E-state index >= 15 is 0 Å². The van der Waals surface area contributed by atoms with E-state index in [0.29, 0.717) is 6.04 Å². The molecule has 0 aliphatic carbocycles. The molecule has 1 aromatic heterocycles. The Labute approximate surface area is 144 Å². The van der Waals surface area contributed by atoms with Gasteiger partial charge in [0.2, 0.25) is 0 Å². The first-order valence-corrected chi connectivity index (χ1v) is 6.90. The van der Waals surface area contributed by atoms with Gasteiger partial charge in [-0.05, 0) is 26.1 Å². The van der Waals surface area contributed by atoms with Crippen LogP contribution in [0.3, 0.4) is 0 Å². The Morgan fingerprint density at radius 3 is 2.33 bits per heavy atom. The van der Waals surface area contributed by atoms with Crippen molar-refractivity contribution in [3.63, 3.8) is 0 Å². The minimum Gasteiger partial charge on any atom is -0.668 e. The average Bonchev–Trinajstić information content (AvgIpc) is 3.04. The van der Waals surface area contributed by atoms with E-state index in [1.165, 1.54) is 6.42 Å². The molecule has 0 aromatic carbocycles. The summed E-state index contributed by atoms with van der Waals surface area (Å²) in [5, 5.41) is 7.00. The van der Waals surface area contributed by atoms with Crippen molar-refractivity contribution >= 4 is 6.21 Å². The molecule has 1 radical (unpaired) electrons. The third kappa shape index (κ3) is 13.0. The molecular weight excluding hydrogens is 298 g/mol. The van der Waals surface area contributed by atoms with Crippen molar-refractivity contribution in [3.05, 3.63) is 34.7 Å². The smallest absolute Gasteiger partial charge is 0.668 e. The van der Waals surface area contributed by atoms with E-state index in [1.807, 2.05) is 18.5 Å². The summed E-state index contributed by atoms with van der Waals surface area (Å²) in [5.41, 5.74) is 1.15. The van der Waals surface area contributed by atoms with E-state index in [-0.39, 0.29) is 21.7 Å². The van der Waals surface area contributed by atoms with Crippen molar-refractivity contribution in [1.29, 1.82) is 0 Å². The van der Waals surface area contributed by atoms with E-state index in [4.69, 9.17) is 0 Å². The van der Waals surface area contributed by atoms with Crippen LogP contribution in [0.15, 0.2) is 23.3 Å². The van der Waals surface area contributed by atoms with Crippen LogP contribution >= 0.6 is 0 Å². The molecule has 0 spiro atoms. The van der Waals surface area contributed by atoms with Gasteiger partial charge in [0.1, 0.15) is 0 Å². The molecule has 117 valence electrons. The molecule has 1 atom stereocenters. The van der Waals surface area contributed by atoms with Gasteiger partial charge in [-0.1, -0.05) is 12.1 Å². The Morgan fingerprint density at radius 1 is 1.29 bits per heavy atom. The van der Waals surface area contributed by atoms with Gasteiger partial charge in [-0.15, -0.1) is 5.69 Å². The van der Waals surface area contributed by atoms with Gasteiger partial charge in [-0.25, -0.2) is 0 Å². The number of aliphatic imine (C=N–C) groups is 1. The second kappa shape index (κ2) is 15.9. The van der Waals surface area contributed by atoms with Gasteiger partial charge >= 0.3 is 21.7 Å². The van der Waals surface area contributed by atoms with E-state index in [2.05, 4.69) is 38.6 Å². The summed E-state index contributed by atoms with van der Waals surface area (Å²) in [7, 11) is 9.13. The Hall–Kier alpha value is -0.456. The summed E-state index contributed by atoms with van der Waals surface area (Å²) < 4.78 is 0. The number of likely N-dealkylation sites (N-methyl/N-ethyl adjacent to an activating group) is 1. The summed E-state index contributed by atoms with van der Waals surface area (Å²) in [6.07, 6.45) is 6.24. The molecule has 1 unspecified atom stereocenters. The first kappa shape index (κ1) is 22.8. The van der Waals surface area contributed by atoms with Crippen LogP contribution in [-0.4, -0.2) is 58.9 Å². The van der Waals surface area contributed by atoms with Crippen LogP contribution in [0, 0.1) is 0 Å². The van der Waals surface area contributed by atoms with Crippen LogP contribution in [0.5, 0.6) is 0 Å². The van der Waals surface area contributed by atoms with E-state index in [1.54, 1.807) is 28.2 Å². The maximum Gasteiger partial charge on any atom is 3.00 e. The zero-order chi connectivity index (χ0) is 15.2. The third-order valence-corrected chi connectivity index (χ3v) is 2.51. The molecule has 0 bridgehead atoms. The van der Waals surface area contributed by atoms with Gasteiger partial charge in [-0.2, -0.15) is 34.4 Å². The quantitative estimate of drug-likeness (QED) is 0.799. The summed E-state index contributed by atoms with van der Waals surface area (Å²) in [4.78, 5) is 11.0. The number of nitrogens with zero attached hydrogens (tertiary/aromatic N) is 5. The molecule has 0 saturated carbocycles. The SMILES string of the molecule is CN(Cc1ccc[n-]1)CC1CCC=N1.C[N-]C.C[N-]C.[Ti+3]. The fourth-order valence-corrected chi connectivity index (χ4v) is 1.83. The molecule has 0 fully saturated rings. The number of hydrogen-bond donors (Lipinski definition) is 0. The predicted octanol–water partition coefficient (Wildman–Crippen LogP) is 2.55. The number of hydrogen-bond acceptors (Lipinski definition) is 2. The maximum atomic E-state index is 4.42. The molecule has 5 nitrogen and oxygen atoms in total. The van der Waals surface area contributed by atoms with Gasteiger partial charge in [0.05, 0.1) is 6.04 Å². The van der Waals surface area contributed by atoms with Gasteiger partial charge in [0.25, 0.3) is 0 Å². The van der Waals surface area contributed by atoms with Crippen molar-refractivity contribution in [1.82, 2.24) is 9.88 Å². The molecule has 2 rings (SSSR count). The van der Waals surface area contributed by atoms with Crippen molar-refractivity contribution < 1.29 is 21.7 Å². The van der Waals surface area contributed by atoms with Crippen LogP contribution in [0.2, 0.25) is 0 Å². The predicted molar refractivity (Wildman–Crippen MR) is 88.0 cm³/mol.